The Labute approximate surface area is 125 Å². The van der Waals surface area contributed by atoms with Gasteiger partial charge < -0.3 is 10.2 Å². The molecular formula is C14H16N4O2S. The van der Waals surface area contributed by atoms with E-state index in [1.807, 2.05) is 12.1 Å². The molecule has 0 radical (unpaired) electrons. The van der Waals surface area contributed by atoms with Crippen molar-refractivity contribution >= 4 is 32.9 Å². The number of benzene rings is 1. The van der Waals surface area contributed by atoms with Gasteiger partial charge in [0.15, 0.2) is 5.52 Å². The van der Waals surface area contributed by atoms with E-state index in [9.17, 15) is 10.1 Å². The third-order valence-electron chi connectivity index (χ3n) is 4.50. The standard InChI is InChI=1S/C14H16N4O2S/c19-18(20)14-11(3-4-12-13(14)15-8-21-12)17-6-5-9-1-2-10(7-17)16-9/h3-4,8-10,16H,1-2,5-7H2. The molecule has 2 unspecified atom stereocenters. The number of thiazole rings is 1. The minimum atomic E-state index is -0.284. The Morgan fingerprint density at radius 1 is 1.33 bits per heavy atom. The van der Waals surface area contributed by atoms with Crippen LogP contribution < -0.4 is 10.2 Å². The number of hydrogen-bond acceptors (Lipinski definition) is 6. The summed E-state index contributed by atoms with van der Waals surface area (Å²) in [4.78, 5) is 17.6. The monoisotopic (exact) mass is 304 g/mol. The molecule has 4 rings (SSSR count). The zero-order valence-electron chi connectivity index (χ0n) is 11.5. The van der Waals surface area contributed by atoms with Gasteiger partial charge >= 0.3 is 5.69 Å². The number of nitrogens with one attached hydrogen (secondary N) is 1. The maximum Gasteiger partial charge on any atom is 0.319 e. The van der Waals surface area contributed by atoms with Gasteiger partial charge in [-0.25, -0.2) is 4.98 Å². The first-order valence-corrected chi connectivity index (χ1v) is 8.12. The average Bonchev–Trinajstić information content (AvgIpc) is 3.03. The SMILES string of the molecule is O=[N+]([O-])c1c(N2CCC3CCC(C2)N3)ccc2scnc12. The van der Waals surface area contributed by atoms with Crippen LogP contribution in [0.15, 0.2) is 17.6 Å². The van der Waals surface area contributed by atoms with Crippen molar-refractivity contribution in [3.8, 4) is 0 Å². The van der Waals surface area contributed by atoms with Gasteiger partial charge in [0, 0.05) is 25.2 Å². The molecule has 2 aromatic rings. The maximum absolute atomic E-state index is 11.6. The van der Waals surface area contributed by atoms with Crippen LogP contribution in [0.4, 0.5) is 11.4 Å². The molecule has 2 fully saturated rings. The van der Waals surface area contributed by atoms with Crippen molar-refractivity contribution in [2.45, 2.75) is 31.3 Å². The van der Waals surface area contributed by atoms with Crippen molar-refractivity contribution in [2.75, 3.05) is 18.0 Å². The lowest BCUT2D eigenvalue weighted by Gasteiger charge is -2.26. The quantitative estimate of drug-likeness (QED) is 0.682. The Bertz CT molecular complexity index is 701. The molecule has 2 atom stereocenters. The Balaban J connectivity index is 1.78. The molecule has 0 aliphatic carbocycles. The zero-order chi connectivity index (χ0) is 14.4. The normalized spacial score (nSPS) is 25.2. The molecule has 1 aromatic carbocycles. The fourth-order valence-corrected chi connectivity index (χ4v) is 4.18. The first-order chi connectivity index (χ1) is 10.2. The number of fused-ring (bicyclic) bond motifs is 3. The summed E-state index contributed by atoms with van der Waals surface area (Å²) in [6, 6.07) is 4.86. The van der Waals surface area contributed by atoms with Crippen LogP contribution in [0.3, 0.4) is 0 Å². The molecule has 21 heavy (non-hydrogen) atoms. The van der Waals surface area contributed by atoms with Gasteiger partial charge in [-0.1, -0.05) is 0 Å². The lowest BCUT2D eigenvalue weighted by molar-refractivity contribution is -0.382. The molecule has 6 nitrogen and oxygen atoms in total. The van der Waals surface area contributed by atoms with Crippen molar-refractivity contribution in [1.29, 1.82) is 0 Å². The molecule has 1 aromatic heterocycles. The second-order valence-electron chi connectivity index (χ2n) is 5.76. The number of nitrogens with zero attached hydrogens (tertiary/aromatic N) is 3. The van der Waals surface area contributed by atoms with Gasteiger partial charge in [0.2, 0.25) is 0 Å². The number of anilines is 1. The number of rotatable bonds is 2. The van der Waals surface area contributed by atoms with Crippen molar-refractivity contribution in [1.82, 2.24) is 10.3 Å². The summed E-state index contributed by atoms with van der Waals surface area (Å²) in [7, 11) is 0. The van der Waals surface area contributed by atoms with E-state index < -0.39 is 0 Å². The van der Waals surface area contributed by atoms with Gasteiger partial charge in [0.1, 0.15) is 5.69 Å². The molecule has 2 bridgehead atoms. The Hall–Kier alpha value is -1.73. The number of aromatic nitrogens is 1. The van der Waals surface area contributed by atoms with Crippen LogP contribution in [0.2, 0.25) is 0 Å². The third-order valence-corrected chi connectivity index (χ3v) is 5.30. The fourth-order valence-electron chi connectivity index (χ4n) is 3.50. The molecule has 2 aliphatic heterocycles. The molecule has 110 valence electrons. The van der Waals surface area contributed by atoms with Crippen molar-refractivity contribution in [3.63, 3.8) is 0 Å². The van der Waals surface area contributed by atoms with Gasteiger partial charge in [0.05, 0.1) is 15.1 Å². The van der Waals surface area contributed by atoms with Crippen LogP contribution in [0.5, 0.6) is 0 Å². The highest BCUT2D eigenvalue weighted by Gasteiger charge is 2.32. The Morgan fingerprint density at radius 3 is 3.05 bits per heavy atom. The second-order valence-corrected chi connectivity index (χ2v) is 6.65. The Kier molecular flexibility index (Phi) is 3.04. The number of nitro groups is 1. The van der Waals surface area contributed by atoms with E-state index >= 15 is 0 Å². The fraction of sp³-hybridized carbons (Fsp3) is 0.500. The van der Waals surface area contributed by atoms with Crippen molar-refractivity contribution in [3.05, 3.63) is 27.8 Å². The van der Waals surface area contributed by atoms with E-state index in [0.29, 0.717) is 23.3 Å². The summed E-state index contributed by atoms with van der Waals surface area (Å²) >= 11 is 1.44. The lowest BCUT2D eigenvalue weighted by atomic mass is 10.1. The predicted octanol–water partition coefficient (Wildman–Crippen LogP) is 2.54. The van der Waals surface area contributed by atoms with Crippen LogP contribution >= 0.6 is 11.3 Å². The van der Waals surface area contributed by atoms with Gasteiger partial charge in [0.25, 0.3) is 0 Å². The number of hydrogen-bond donors (Lipinski definition) is 1. The predicted molar refractivity (Wildman–Crippen MR) is 83.1 cm³/mol. The molecule has 2 saturated heterocycles. The average molecular weight is 304 g/mol. The van der Waals surface area contributed by atoms with E-state index in [4.69, 9.17) is 0 Å². The highest BCUT2D eigenvalue weighted by molar-refractivity contribution is 7.16. The topological polar surface area (TPSA) is 71.3 Å². The highest BCUT2D eigenvalue weighted by atomic mass is 32.1. The number of nitro benzene ring substituents is 1. The van der Waals surface area contributed by atoms with E-state index in [-0.39, 0.29) is 10.6 Å². The molecule has 7 heteroatoms. The van der Waals surface area contributed by atoms with Crippen LogP contribution in [-0.2, 0) is 0 Å². The van der Waals surface area contributed by atoms with Crippen LogP contribution in [-0.4, -0.2) is 35.1 Å². The minimum Gasteiger partial charge on any atom is -0.364 e. The first-order valence-electron chi connectivity index (χ1n) is 7.24. The van der Waals surface area contributed by atoms with E-state index in [1.165, 1.54) is 17.8 Å². The Morgan fingerprint density at radius 2 is 2.19 bits per heavy atom. The molecule has 0 amide bonds. The lowest BCUT2D eigenvalue weighted by Crippen LogP contribution is -2.35. The molecule has 0 saturated carbocycles. The summed E-state index contributed by atoms with van der Waals surface area (Å²) < 4.78 is 0.875. The van der Waals surface area contributed by atoms with E-state index in [2.05, 4.69) is 15.2 Å². The smallest absolute Gasteiger partial charge is 0.319 e. The summed E-state index contributed by atoms with van der Waals surface area (Å²) in [6.07, 6.45) is 3.43. The summed E-state index contributed by atoms with van der Waals surface area (Å²) in [5, 5.41) is 15.2. The molecular weight excluding hydrogens is 288 g/mol. The highest BCUT2D eigenvalue weighted by Crippen LogP contribution is 2.38. The maximum atomic E-state index is 11.6. The molecule has 3 heterocycles. The van der Waals surface area contributed by atoms with Crippen molar-refractivity contribution in [2.24, 2.45) is 0 Å². The molecule has 1 N–H and O–H groups in total. The van der Waals surface area contributed by atoms with E-state index in [1.54, 1.807) is 5.51 Å². The minimum absolute atomic E-state index is 0.159. The second kappa shape index (κ2) is 4.92. The third kappa shape index (κ3) is 2.16. The van der Waals surface area contributed by atoms with Crippen LogP contribution in [0.1, 0.15) is 19.3 Å². The van der Waals surface area contributed by atoms with Crippen LogP contribution in [0, 0.1) is 10.1 Å². The van der Waals surface area contributed by atoms with Crippen LogP contribution in [0.25, 0.3) is 10.2 Å². The molecule has 0 spiro atoms. The van der Waals surface area contributed by atoms with Gasteiger partial charge in [-0.2, -0.15) is 0 Å². The molecule has 2 aliphatic rings. The summed E-state index contributed by atoms with van der Waals surface area (Å²) in [5.41, 5.74) is 3.07. The largest absolute Gasteiger partial charge is 0.364 e. The summed E-state index contributed by atoms with van der Waals surface area (Å²) in [5.74, 6) is 0. The first kappa shape index (κ1) is 13.0. The van der Waals surface area contributed by atoms with Crippen molar-refractivity contribution < 1.29 is 4.92 Å². The van der Waals surface area contributed by atoms with Gasteiger partial charge in [-0.3, -0.25) is 10.1 Å². The zero-order valence-corrected chi connectivity index (χ0v) is 12.3. The summed E-state index contributed by atoms with van der Waals surface area (Å²) in [6.45, 7) is 1.71. The van der Waals surface area contributed by atoms with Gasteiger partial charge in [-0.05, 0) is 31.4 Å². The van der Waals surface area contributed by atoms with E-state index in [0.717, 1.165) is 30.6 Å². The van der Waals surface area contributed by atoms with Gasteiger partial charge in [-0.15, -0.1) is 11.3 Å².